The second kappa shape index (κ2) is 7.62. The number of benzene rings is 1. The molecule has 2 aromatic rings. The normalized spacial score (nSPS) is 19.8. The Morgan fingerprint density at radius 3 is 2.64 bits per heavy atom. The summed E-state index contributed by atoms with van der Waals surface area (Å²) < 4.78 is 0. The number of anilines is 1. The van der Waals surface area contributed by atoms with Crippen LogP contribution in [-0.2, 0) is 0 Å². The summed E-state index contributed by atoms with van der Waals surface area (Å²) in [4.78, 5) is 11.4. The molecule has 1 fully saturated rings. The van der Waals surface area contributed by atoms with Crippen molar-refractivity contribution >= 4 is 17.5 Å². The number of hydrogen-bond acceptors (Lipinski definition) is 4. The third-order valence-corrected chi connectivity index (χ3v) is 4.83. The van der Waals surface area contributed by atoms with Gasteiger partial charge in [-0.2, -0.15) is 0 Å². The summed E-state index contributed by atoms with van der Waals surface area (Å²) in [5, 5.41) is 3.40. The number of nitrogens with zero attached hydrogens (tertiary/aromatic N) is 3. The molecular weight excluding hydrogens is 308 g/mol. The van der Waals surface area contributed by atoms with E-state index in [-0.39, 0.29) is 0 Å². The Balaban J connectivity index is 1.56. The van der Waals surface area contributed by atoms with E-state index < -0.39 is 0 Å². The first-order valence-electron chi connectivity index (χ1n) is 9.12. The minimum atomic E-state index is 0.906. The van der Waals surface area contributed by atoms with Gasteiger partial charge in [-0.15, -0.1) is 0 Å². The van der Waals surface area contributed by atoms with Gasteiger partial charge in [0.25, 0.3) is 0 Å². The van der Waals surface area contributed by atoms with Gasteiger partial charge < -0.3 is 10.2 Å². The van der Waals surface area contributed by atoms with Crippen LogP contribution in [0.25, 0.3) is 6.08 Å². The molecule has 0 amide bonds. The quantitative estimate of drug-likeness (QED) is 0.939. The van der Waals surface area contributed by atoms with Gasteiger partial charge in [0.15, 0.2) is 0 Å². The highest BCUT2D eigenvalue weighted by atomic mass is 15.2. The van der Waals surface area contributed by atoms with Crippen LogP contribution in [0.4, 0.5) is 5.69 Å². The van der Waals surface area contributed by atoms with Crippen LogP contribution in [0.1, 0.15) is 24.0 Å². The molecule has 2 aliphatic heterocycles. The zero-order valence-electron chi connectivity index (χ0n) is 14.5. The van der Waals surface area contributed by atoms with E-state index in [2.05, 4.69) is 51.6 Å². The van der Waals surface area contributed by atoms with Crippen molar-refractivity contribution in [3.05, 3.63) is 65.5 Å². The number of piperazine rings is 1. The SMILES string of the molecule is C(=C1/CCCN=C1c1cccnc1)/c1ccc(N2CCNCC2)cc1. The lowest BCUT2D eigenvalue weighted by molar-refractivity contribution is 0.589. The molecule has 0 aliphatic carbocycles. The van der Waals surface area contributed by atoms with Crippen LogP contribution >= 0.6 is 0 Å². The second-order valence-electron chi connectivity index (χ2n) is 6.57. The van der Waals surface area contributed by atoms with Crippen molar-refractivity contribution in [1.82, 2.24) is 10.3 Å². The third kappa shape index (κ3) is 3.80. The van der Waals surface area contributed by atoms with Gasteiger partial charge in [-0.05, 0) is 54.3 Å². The van der Waals surface area contributed by atoms with E-state index in [1.807, 2.05) is 18.5 Å². The summed E-state index contributed by atoms with van der Waals surface area (Å²) in [7, 11) is 0. The van der Waals surface area contributed by atoms with E-state index in [4.69, 9.17) is 4.99 Å². The molecule has 1 N–H and O–H groups in total. The Hall–Kier alpha value is -2.46. The molecule has 4 rings (SSSR count). The molecule has 25 heavy (non-hydrogen) atoms. The van der Waals surface area contributed by atoms with Gasteiger partial charge in [-0.25, -0.2) is 0 Å². The Bertz CT molecular complexity index is 756. The van der Waals surface area contributed by atoms with Crippen LogP contribution in [0.15, 0.2) is 59.4 Å². The smallest absolute Gasteiger partial charge is 0.0694 e. The summed E-state index contributed by atoms with van der Waals surface area (Å²) in [6.45, 7) is 5.20. The van der Waals surface area contributed by atoms with E-state index in [9.17, 15) is 0 Å². The molecule has 0 saturated carbocycles. The van der Waals surface area contributed by atoms with Crippen LogP contribution in [-0.4, -0.2) is 43.4 Å². The molecule has 4 nitrogen and oxygen atoms in total. The van der Waals surface area contributed by atoms with Gasteiger partial charge >= 0.3 is 0 Å². The minimum absolute atomic E-state index is 0.906. The Kier molecular flexibility index (Phi) is 4.89. The predicted octanol–water partition coefficient (Wildman–Crippen LogP) is 3.16. The lowest BCUT2D eigenvalue weighted by Crippen LogP contribution is -2.43. The summed E-state index contributed by atoms with van der Waals surface area (Å²) in [5.41, 5.74) is 6.09. The van der Waals surface area contributed by atoms with E-state index >= 15 is 0 Å². The van der Waals surface area contributed by atoms with E-state index in [1.54, 1.807) is 0 Å². The number of rotatable bonds is 3. The van der Waals surface area contributed by atoms with Crippen molar-refractivity contribution in [2.75, 3.05) is 37.6 Å². The molecule has 0 unspecified atom stereocenters. The molecule has 1 aromatic heterocycles. The average molecular weight is 332 g/mol. The highest BCUT2D eigenvalue weighted by Crippen LogP contribution is 2.23. The van der Waals surface area contributed by atoms with E-state index in [0.717, 1.165) is 56.8 Å². The molecule has 2 aliphatic rings. The van der Waals surface area contributed by atoms with E-state index in [0.29, 0.717) is 0 Å². The lowest BCUT2D eigenvalue weighted by Gasteiger charge is -2.29. The molecule has 1 aromatic carbocycles. The first kappa shape index (κ1) is 16.0. The second-order valence-corrected chi connectivity index (χ2v) is 6.57. The number of aliphatic imine (C=N–C) groups is 1. The number of aromatic nitrogens is 1. The molecule has 4 heteroatoms. The zero-order valence-corrected chi connectivity index (χ0v) is 14.5. The molecule has 1 saturated heterocycles. The van der Waals surface area contributed by atoms with Gasteiger partial charge in [-0.1, -0.05) is 12.1 Å². The first-order valence-corrected chi connectivity index (χ1v) is 9.12. The molecule has 0 bridgehead atoms. The van der Waals surface area contributed by atoms with Crippen molar-refractivity contribution in [2.24, 2.45) is 4.99 Å². The van der Waals surface area contributed by atoms with Crippen LogP contribution < -0.4 is 10.2 Å². The topological polar surface area (TPSA) is 40.5 Å². The number of nitrogens with one attached hydrogen (secondary N) is 1. The maximum Gasteiger partial charge on any atom is 0.0694 e. The Morgan fingerprint density at radius 1 is 1.04 bits per heavy atom. The largest absolute Gasteiger partial charge is 0.369 e. The van der Waals surface area contributed by atoms with Crippen molar-refractivity contribution in [2.45, 2.75) is 12.8 Å². The van der Waals surface area contributed by atoms with Crippen LogP contribution in [0.3, 0.4) is 0 Å². The number of pyridine rings is 1. The average Bonchev–Trinajstić information content (AvgIpc) is 2.70. The highest BCUT2D eigenvalue weighted by molar-refractivity contribution is 6.15. The Morgan fingerprint density at radius 2 is 1.88 bits per heavy atom. The first-order chi connectivity index (χ1) is 12.4. The third-order valence-electron chi connectivity index (χ3n) is 4.83. The predicted molar refractivity (Wildman–Crippen MR) is 104 cm³/mol. The number of allylic oxidation sites excluding steroid dienone is 1. The minimum Gasteiger partial charge on any atom is -0.369 e. The van der Waals surface area contributed by atoms with Crippen LogP contribution in [0, 0.1) is 0 Å². The van der Waals surface area contributed by atoms with Gasteiger partial charge in [0, 0.05) is 56.4 Å². The van der Waals surface area contributed by atoms with Gasteiger partial charge in [-0.3, -0.25) is 9.98 Å². The van der Waals surface area contributed by atoms with Gasteiger partial charge in [0.1, 0.15) is 0 Å². The van der Waals surface area contributed by atoms with Crippen molar-refractivity contribution < 1.29 is 0 Å². The maximum absolute atomic E-state index is 4.76. The molecule has 0 spiro atoms. The summed E-state index contributed by atoms with van der Waals surface area (Å²) in [6, 6.07) is 13.0. The maximum atomic E-state index is 4.76. The summed E-state index contributed by atoms with van der Waals surface area (Å²) >= 11 is 0. The summed E-state index contributed by atoms with van der Waals surface area (Å²) in [6.07, 6.45) is 8.20. The highest BCUT2D eigenvalue weighted by Gasteiger charge is 2.14. The fourth-order valence-electron chi connectivity index (χ4n) is 3.51. The van der Waals surface area contributed by atoms with Crippen LogP contribution in [0.2, 0.25) is 0 Å². The van der Waals surface area contributed by atoms with E-state index in [1.165, 1.54) is 16.8 Å². The molecule has 128 valence electrons. The van der Waals surface area contributed by atoms with Gasteiger partial charge in [0.2, 0.25) is 0 Å². The molecule has 0 atom stereocenters. The van der Waals surface area contributed by atoms with Crippen LogP contribution in [0.5, 0.6) is 0 Å². The standard InChI is InChI=1S/C21H24N4/c1-4-19(16-23-9-1)21-18(3-2-10-24-21)15-17-5-7-20(8-6-17)25-13-11-22-12-14-25/h1,4-9,15-16,22H,2-3,10-14H2/b18-15+. The molecule has 3 heterocycles. The fourth-order valence-corrected chi connectivity index (χ4v) is 3.51. The number of hydrogen-bond donors (Lipinski definition) is 1. The van der Waals surface area contributed by atoms with Crippen molar-refractivity contribution in [3.63, 3.8) is 0 Å². The monoisotopic (exact) mass is 332 g/mol. The Labute approximate surface area is 149 Å². The lowest BCUT2D eigenvalue weighted by atomic mass is 9.95. The van der Waals surface area contributed by atoms with Crippen molar-refractivity contribution in [1.29, 1.82) is 0 Å². The zero-order chi connectivity index (χ0) is 16.9. The van der Waals surface area contributed by atoms with Gasteiger partial charge in [0.05, 0.1) is 5.71 Å². The summed E-state index contributed by atoms with van der Waals surface area (Å²) in [5.74, 6) is 0. The van der Waals surface area contributed by atoms with Crippen molar-refractivity contribution in [3.8, 4) is 0 Å². The fraction of sp³-hybridized carbons (Fsp3) is 0.333. The molecular formula is C21H24N4. The molecule has 0 radical (unpaired) electrons.